The maximum Gasteiger partial charge on any atom is 0.162 e. The number of pyridine rings is 1. The molecule has 2 aromatic carbocycles. The van der Waals surface area contributed by atoms with E-state index in [0.717, 1.165) is 71.0 Å². The number of aliphatic hydroxyl groups is 1. The predicted molar refractivity (Wildman–Crippen MR) is 166 cm³/mol. The molecular formula is C34H46IrNO3Si-. The number of nitrogens with zero attached hydrogens (tertiary/aromatic N) is 1. The molecule has 3 aromatic rings. The Labute approximate surface area is 256 Å². The van der Waals surface area contributed by atoms with Crippen LogP contribution in [0.1, 0.15) is 70.1 Å². The monoisotopic (exact) mass is 737 g/mol. The summed E-state index contributed by atoms with van der Waals surface area (Å²) in [6.07, 6.45) is 6.81. The van der Waals surface area contributed by atoms with Crippen molar-refractivity contribution in [1.29, 1.82) is 0 Å². The molecule has 6 heteroatoms. The zero-order valence-corrected chi connectivity index (χ0v) is 29.1. The standard InChI is InChI=1S/C21H22NOSi.C13H24O2.Ir/c1-13-8-14(2)21-17(9-13)20-19-16(6-7-22-20)10-15(11-18(19)23-21)12-24(3,4)5;1-5-10(6-2)12(14)9-13(15)11(7-3)8-4;/h6-8,10-11H,12H2,1-5H3;9-11,14H,5-8H2,1-4H3;/q-1;;/b;12-9-;. The van der Waals surface area contributed by atoms with E-state index in [4.69, 9.17) is 4.74 Å². The molecule has 0 bridgehead atoms. The van der Waals surface area contributed by atoms with E-state index in [0.29, 0.717) is 0 Å². The van der Waals surface area contributed by atoms with Crippen molar-refractivity contribution in [3.8, 4) is 22.8 Å². The summed E-state index contributed by atoms with van der Waals surface area (Å²) in [6.45, 7) is 19.4. The number of ketones is 1. The number of ether oxygens (including phenoxy) is 1. The summed E-state index contributed by atoms with van der Waals surface area (Å²) >= 11 is 0. The summed E-state index contributed by atoms with van der Waals surface area (Å²) in [7, 11) is -1.18. The topological polar surface area (TPSA) is 59.4 Å². The van der Waals surface area contributed by atoms with E-state index in [2.05, 4.69) is 68.8 Å². The SMILES string of the molecule is CCC(CC)C(=O)/C=C(\O)C(CC)CC.Cc1[c-]c2c(c(C)c1)Oc1cc(C[Si](C)(C)C)cc3ccnc-2c13.[Ir]. The third kappa shape index (κ3) is 8.15. The summed E-state index contributed by atoms with van der Waals surface area (Å²) in [6, 6.07) is 13.3. The minimum atomic E-state index is -1.18. The van der Waals surface area contributed by atoms with Gasteiger partial charge in [0, 0.05) is 69.1 Å². The van der Waals surface area contributed by atoms with Gasteiger partial charge in [-0.3, -0.25) is 4.79 Å². The van der Waals surface area contributed by atoms with E-state index >= 15 is 0 Å². The molecule has 0 unspecified atom stereocenters. The summed E-state index contributed by atoms with van der Waals surface area (Å²) in [4.78, 5) is 16.4. The van der Waals surface area contributed by atoms with E-state index < -0.39 is 8.07 Å². The van der Waals surface area contributed by atoms with Crippen LogP contribution in [0, 0.1) is 31.7 Å². The van der Waals surface area contributed by atoms with Crippen molar-refractivity contribution < 1.29 is 34.7 Å². The molecule has 0 spiro atoms. The fourth-order valence-corrected chi connectivity index (χ4v) is 6.82. The number of aromatic nitrogens is 1. The maximum atomic E-state index is 11.7. The van der Waals surface area contributed by atoms with Crippen molar-refractivity contribution in [2.24, 2.45) is 11.8 Å². The van der Waals surface area contributed by atoms with Crippen LogP contribution in [0.4, 0.5) is 0 Å². The fraction of sp³-hybridized carbons (Fsp3) is 0.471. The van der Waals surface area contributed by atoms with Crippen LogP contribution in [0.25, 0.3) is 22.0 Å². The second kappa shape index (κ2) is 14.6. The Hall–Kier alpha value is -2.27. The third-order valence-corrected chi connectivity index (χ3v) is 8.96. The van der Waals surface area contributed by atoms with Gasteiger partial charge in [0.15, 0.2) is 5.78 Å². The van der Waals surface area contributed by atoms with E-state index in [-0.39, 0.29) is 43.5 Å². The van der Waals surface area contributed by atoms with Crippen LogP contribution in [0.2, 0.25) is 19.6 Å². The Morgan fingerprint density at radius 2 is 1.65 bits per heavy atom. The molecule has 1 aliphatic rings. The van der Waals surface area contributed by atoms with Crippen LogP contribution in [0.15, 0.2) is 42.3 Å². The number of carbonyl (C=O) groups excluding carboxylic acids is 1. The van der Waals surface area contributed by atoms with Gasteiger partial charge in [0.1, 0.15) is 5.75 Å². The number of aliphatic hydroxyl groups excluding tert-OH is 1. The number of hydrogen-bond donors (Lipinski definition) is 1. The number of fused-ring (bicyclic) bond motifs is 2. The number of allylic oxidation sites excluding steroid dienone is 2. The first-order valence-corrected chi connectivity index (χ1v) is 18.2. The molecule has 40 heavy (non-hydrogen) atoms. The van der Waals surface area contributed by atoms with Crippen molar-refractivity contribution in [3.05, 3.63) is 65.1 Å². The number of hydrogen-bond acceptors (Lipinski definition) is 4. The van der Waals surface area contributed by atoms with Gasteiger partial charge >= 0.3 is 0 Å². The summed E-state index contributed by atoms with van der Waals surface area (Å²) in [5, 5.41) is 12.1. The van der Waals surface area contributed by atoms with Crippen LogP contribution in [0.3, 0.4) is 0 Å². The molecule has 219 valence electrons. The van der Waals surface area contributed by atoms with Crippen LogP contribution >= 0.6 is 0 Å². The van der Waals surface area contributed by atoms with Crippen molar-refractivity contribution in [3.63, 3.8) is 0 Å². The van der Waals surface area contributed by atoms with Crippen LogP contribution in [0.5, 0.6) is 11.5 Å². The molecule has 2 heterocycles. The fourth-order valence-electron chi connectivity index (χ4n) is 5.39. The predicted octanol–water partition coefficient (Wildman–Crippen LogP) is 9.71. The molecule has 0 atom stereocenters. The molecule has 0 saturated carbocycles. The minimum absolute atomic E-state index is 0. The van der Waals surface area contributed by atoms with E-state index in [1.165, 1.54) is 17.0 Å². The molecule has 0 aliphatic carbocycles. The second-order valence-electron chi connectivity index (χ2n) is 12.0. The van der Waals surface area contributed by atoms with Crippen molar-refractivity contribution in [1.82, 2.24) is 4.98 Å². The van der Waals surface area contributed by atoms with Gasteiger partial charge in [-0.1, -0.05) is 78.4 Å². The third-order valence-electron chi connectivity index (χ3n) is 7.49. The molecular weight excluding hydrogens is 691 g/mol. The van der Waals surface area contributed by atoms with Gasteiger partial charge in [-0.2, -0.15) is 0 Å². The minimum Gasteiger partial charge on any atom is -0.512 e. The zero-order chi connectivity index (χ0) is 28.9. The van der Waals surface area contributed by atoms with Crippen LogP contribution in [-0.2, 0) is 30.9 Å². The van der Waals surface area contributed by atoms with Gasteiger partial charge in [0.05, 0.1) is 5.76 Å². The Bertz CT molecular complexity index is 1350. The summed E-state index contributed by atoms with van der Waals surface area (Å²) in [5.41, 5.74) is 5.61. The molecule has 4 nitrogen and oxygen atoms in total. The number of rotatable bonds is 9. The molecule has 4 rings (SSSR count). The van der Waals surface area contributed by atoms with Crippen molar-refractivity contribution in [2.45, 2.75) is 92.9 Å². The van der Waals surface area contributed by atoms with Gasteiger partial charge in [0.25, 0.3) is 0 Å². The first-order chi connectivity index (χ1) is 18.4. The van der Waals surface area contributed by atoms with Crippen LogP contribution in [-0.4, -0.2) is 23.9 Å². The Kier molecular flexibility index (Phi) is 12.4. The zero-order valence-electron chi connectivity index (χ0n) is 25.7. The number of benzene rings is 2. The molecule has 1 N–H and O–H groups in total. The van der Waals surface area contributed by atoms with E-state index in [9.17, 15) is 9.90 Å². The Morgan fingerprint density at radius 3 is 2.23 bits per heavy atom. The quantitative estimate of drug-likeness (QED) is 0.0805. The Balaban J connectivity index is 0.000000307. The van der Waals surface area contributed by atoms with Gasteiger partial charge in [-0.15, -0.1) is 17.7 Å². The molecule has 0 saturated heterocycles. The van der Waals surface area contributed by atoms with E-state index in [1.54, 1.807) is 0 Å². The smallest absolute Gasteiger partial charge is 0.162 e. The first-order valence-electron chi connectivity index (χ1n) is 14.5. The molecule has 1 radical (unpaired) electrons. The van der Waals surface area contributed by atoms with Crippen LogP contribution < -0.4 is 4.74 Å². The molecule has 0 fully saturated rings. The average Bonchev–Trinajstić information content (AvgIpc) is 2.85. The van der Waals surface area contributed by atoms with Gasteiger partial charge in [-0.25, -0.2) is 0 Å². The van der Waals surface area contributed by atoms with Gasteiger partial charge in [0.2, 0.25) is 0 Å². The summed E-state index contributed by atoms with van der Waals surface area (Å²) < 4.78 is 6.33. The second-order valence-corrected chi connectivity index (χ2v) is 17.5. The maximum absolute atomic E-state index is 11.7. The largest absolute Gasteiger partial charge is 0.512 e. The normalized spacial score (nSPS) is 12.4. The van der Waals surface area contributed by atoms with Gasteiger partial charge in [-0.05, 0) is 54.8 Å². The first kappa shape index (κ1) is 33.9. The number of aryl methyl sites for hydroxylation is 2. The van der Waals surface area contributed by atoms with E-state index in [1.807, 2.05) is 33.9 Å². The van der Waals surface area contributed by atoms with Crippen molar-refractivity contribution >= 4 is 24.6 Å². The average molecular weight is 737 g/mol. The molecule has 0 amide bonds. The number of carbonyl (C=O) groups is 1. The molecule has 1 aromatic heterocycles. The van der Waals surface area contributed by atoms with Crippen molar-refractivity contribution in [2.75, 3.05) is 0 Å². The summed E-state index contributed by atoms with van der Waals surface area (Å²) in [5.74, 6) is 2.39. The Morgan fingerprint density at radius 1 is 1.02 bits per heavy atom. The van der Waals surface area contributed by atoms with Gasteiger partial charge < -0.3 is 14.8 Å². The molecule has 1 aliphatic heterocycles.